The minimum Gasteiger partial charge on any atom is -0.143 e. The van der Waals surface area contributed by atoms with Crippen LogP contribution in [-0.2, 0) is 11.8 Å². The third-order valence-electron chi connectivity index (χ3n) is 4.23. The molecule has 0 nitrogen and oxygen atoms in total. The Morgan fingerprint density at radius 3 is 2.15 bits per heavy atom. The lowest BCUT2D eigenvalue weighted by Gasteiger charge is -2.26. The Morgan fingerprint density at radius 2 is 1.55 bits per heavy atom. The summed E-state index contributed by atoms with van der Waals surface area (Å²) in [5.74, 6) is 0. The van der Waals surface area contributed by atoms with Gasteiger partial charge in [-0.25, -0.2) is 0 Å². The van der Waals surface area contributed by atoms with E-state index in [1.54, 1.807) is 0 Å². The molecule has 100 valence electrons. The summed E-state index contributed by atoms with van der Waals surface area (Å²) in [6.45, 7) is 2.39. The van der Waals surface area contributed by atoms with Gasteiger partial charge in [0.2, 0.25) is 0 Å². The van der Waals surface area contributed by atoms with E-state index in [0.717, 1.165) is 6.42 Å². The summed E-state index contributed by atoms with van der Waals surface area (Å²) >= 11 is 7.44. The highest BCUT2D eigenvalue weighted by molar-refractivity contribution is 9.10. The minimum absolute atomic E-state index is 0.106. The molecule has 0 aliphatic heterocycles. The van der Waals surface area contributed by atoms with Crippen LogP contribution in [0.15, 0.2) is 51.6 Å². The Kier molecular flexibility index (Phi) is 2.92. The number of hydrogen-bond acceptors (Lipinski definition) is 2. The first kappa shape index (κ1) is 12.8. The summed E-state index contributed by atoms with van der Waals surface area (Å²) in [5.41, 5.74) is 4.49. The third-order valence-corrected chi connectivity index (χ3v) is 6.99. The van der Waals surface area contributed by atoms with Crippen molar-refractivity contribution in [2.45, 2.75) is 18.8 Å². The summed E-state index contributed by atoms with van der Waals surface area (Å²) < 4.78 is 1.21. The number of thiophene rings is 2. The first-order valence-electron chi connectivity index (χ1n) is 6.60. The van der Waals surface area contributed by atoms with Crippen molar-refractivity contribution >= 4 is 38.6 Å². The molecule has 3 aromatic rings. The van der Waals surface area contributed by atoms with Crippen molar-refractivity contribution in [1.29, 1.82) is 0 Å². The highest BCUT2D eigenvalue weighted by atomic mass is 79.9. The van der Waals surface area contributed by atoms with Crippen LogP contribution in [0.3, 0.4) is 0 Å². The summed E-state index contributed by atoms with van der Waals surface area (Å²) in [7, 11) is 0. The molecule has 0 spiro atoms. The molecular weight excluding hydrogens is 348 g/mol. The van der Waals surface area contributed by atoms with Gasteiger partial charge in [-0.15, -0.1) is 22.7 Å². The summed E-state index contributed by atoms with van der Waals surface area (Å²) in [6.07, 6.45) is 1.04. The Morgan fingerprint density at radius 1 is 0.950 bits per heavy atom. The van der Waals surface area contributed by atoms with Gasteiger partial charge >= 0.3 is 0 Å². The molecule has 0 unspecified atom stereocenters. The van der Waals surface area contributed by atoms with Crippen LogP contribution < -0.4 is 0 Å². The van der Waals surface area contributed by atoms with E-state index in [1.807, 2.05) is 22.7 Å². The van der Waals surface area contributed by atoms with Crippen LogP contribution in [0.5, 0.6) is 0 Å². The molecule has 0 atom stereocenters. The molecule has 1 aliphatic carbocycles. The maximum Gasteiger partial charge on any atom is 0.0486 e. The second-order valence-electron chi connectivity index (χ2n) is 5.43. The smallest absolute Gasteiger partial charge is 0.0486 e. The molecule has 0 saturated heterocycles. The molecule has 0 N–H and O–H groups in total. The van der Waals surface area contributed by atoms with Gasteiger partial charge in [-0.1, -0.05) is 41.1 Å². The van der Waals surface area contributed by atoms with Crippen molar-refractivity contribution in [1.82, 2.24) is 0 Å². The molecule has 0 radical (unpaired) electrons. The fraction of sp³-hybridized carbons (Fsp3) is 0.176. The molecule has 2 aromatic heterocycles. The number of rotatable bonds is 2. The van der Waals surface area contributed by atoms with Crippen LogP contribution in [0.25, 0.3) is 9.75 Å². The molecule has 0 amide bonds. The number of hydrogen-bond donors (Lipinski definition) is 0. The Hall–Kier alpha value is -0.900. The standard InChI is InChI=1S/C17H13BrS2/c1-17(10-11-4-2-3-5-14(11)18)12-6-8-19-15(12)16-13(17)7-9-20-16/h2-9H,10H2,1H3. The SMILES string of the molecule is CC1(Cc2ccccc2Br)c2ccsc2-c2sccc21. The molecular formula is C17H13BrS2. The molecule has 0 fully saturated rings. The summed E-state index contributed by atoms with van der Waals surface area (Å²) in [5, 5.41) is 4.46. The number of halogens is 1. The number of benzene rings is 1. The van der Waals surface area contributed by atoms with E-state index < -0.39 is 0 Å². The second-order valence-corrected chi connectivity index (χ2v) is 8.11. The molecule has 3 heteroatoms. The van der Waals surface area contributed by atoms with E-state index in [-0.39, 0.29) is 5.41 Å². The molecule has 20 heavy (non-hydrogen) atoms. The fourth-order valence-electron chi connectivity index (χ4n) is 3.20. The van der Waals surface area contributed by atoms with Crippen molar-refractivity contribution in [3.05, 3.63) is 68.3 Å². The second kappa shape index (κ2) is 4.55. The normalized spacial score (nSPS) is 15.1. The maximum atomic E-state index is 3.69. The topological polar surface area (TPSA) is 0 Å². The summed E-state index contributed by atoms with van der Waals surface area (Å²) in [4.78, 5) is 2.95. The van der Waals surface area contributed by atoms with Gasteiger partial charge in [-0.3, -0.25) is 0 Å². The average molecular weight is 361 g/mol. The molecule has 0 saturated carbocycles. The van der Waals surface area contributed by atoms with E-state index in [2.05, 4.69) is 70.0 Å². The average Bonchev–Trinajstić information content (AvgIpc) is 3.11. The quantitative estimate of drug-likeness (QED) is 0.517. The fourth-order valence-corrected chi connectivity index (χ4v) is 5.87. The lowest BCUT2D eigenvalue weighted by molar-refractivity contribution is 0.584. The van der Waals surface area contributed by atoms with E-state index in [4.69, 9.17) is 0 Å². The highest BCUT2D eigenvalue weighted by Crippen LogP contribution is 2.55. The molecule has 0 bridgehead atoms. The first-order valence-corrected chi connectivity index (χ1v) is 9.15. The monoisotopic (exact) mass is 360 g/mol. The van der Waals surface area contributed by atoms with Crippen molar-refractivity contribution < 1.29 is 0 Å². The van der Waals surface area contributed by atoms with E-state index >= 15 is 0 Å². The Balaban J connectivity index is 1.88. The van der Waals surface area contributed by atoms with Gasteiger partial charge in [0, 0.05) is 19.6 Å². The van der Waals surface area contributed by atoms with Crippen molar-refractivity contribution in [3.63, 3.8) is 0 Å². The highest BCUT2D eigenvalue weighted by Gasteiger charge is 2.41. The first-order chi connectivity index (χ1) is 9.70. The predicted molar refractivity (Wildman–Crippen MR) is 91.9 cm³/mol. The molecule has 1 aromatic carbocycles. The molecule has 2 heterocycles. The molecule has 1 aliphatic rings. The van der Waals surface area contributed by atoms with Gasteiger partial charge in [0.15, 0.2) is 0 Å². The summed E-state index contributed by atoms with van der Waals surface area (Å²) in [6, 6.07) is 13.2. The molecule has 4 rings (SSSR count). The van der Waals surface area contributed by atoms with Crippen LogP contribution in [0, 0.1) is 0 Å². The lowest BCUT2D eigenvalue weighted by Crippen LogP contribution is -2.23. The zero-order valence-electron chi connectivity index (χ0n) is 11.0. The van der Waals surface area contributed by atoms with Gasteiger partial charge in [-0.05, 0) is 52.1 Å². The van der Waals surface area contributed by atoms with Crippen molar-refractivity contribution in [3.8, 4) is 9.75 Å². The van der Waals surface area contributed by atoms with E-state index in [9.17, 15) is 0 Å². The van der Waals surface area contributed by atoms with E-state index in [0.29, 0.717) is 0 Å². The van der Waals surface area contributed by atoms with Crippen molar-refractivity contribution in [2.75, 3.05) is 0 Å². The van der Waals surface area contributed by atoms with Crippen LogP contribution in [-0.4, -0.2) is 0 Å². The van der Waals surface area contributed by atoms with Crippen molar-refractivity contribution in [2.24, 2.45) is 0 Å². The van der Waals surface area contributed by atoms with Crippen LogP contribution in [0.4, 0.5) is 0 Å². The Labute approximate surface area is 135 Å². The minimum atomic E-state index is 0.106. The number of fused-ring (bicyclic) bond motifs is 3. The van der Waals surface area contributed by atoms with Crippen LogP contribution in [0.1, 0.15) is 23.6 Å². The van der Waals surface area contributed by atoms with Gasteiger partial charge in [0.05, 0.1) is 0 Å². The predicted octanol–water partition coefficient (Wildman–Crippen LogP) is 6.10. The van der Waals surface area contributed by atoms with Crippen LogP contribution in [0.2, 0.25) is 0 Å². The third kappa shape index (κ3) is 1.70. The van der Waals surface area contributed by atoms with Crippen LogP contribution >= 0.6 is 38.6 Å². The van der Waals surface area contributed by atoms with Gasteiger partial charge in [-0.2, -0.15) is 0 Å². The largest absolute Gasteiger partial charge is 0.143 e. The van der Waals surface area contributed by atoms with E-state index in [1.165, 1.54) is 30.9 Å². The van der Waals surface area contributed by atoms with Gasteiger partial charge in [0.1, 0.15) is 0 Å². The van der Waals surface area contributed by atoms with Gasteiger partial charge in [0.25, 0.3) is 0 Å². The zero-order chi connectivity index (χ0) is 13.7. The van der Waals surface area contributed by atoms with Gasteiger partial charge < -0.3 is 0 Å². The Bertz CT molecular complexity index is 741. The maximum absolute atomic E-state index is 3.69. The zero-order valence-corrected chi connectivity index (χ0v) is 14.2. The lowest BCUT2D eigenvalue weighted by atomic mass is 9.76.